The van der Waals surface area contributed by atoms with Gasteiger partial charge in [0.05, 0.1) is 16.7 Å². The largest absolute Gasteiger partial charge is 0.316 e. The number of hydrogen-bond donors (Lipinski definition) is 2. The van der Waals surface area contributed by atoms with E-state index in [-0.39, 0.29) is 10.6 Å². The van der Waals surface area contributed by atoms with Gasteiger partial charge in [-0.2, -0.15) is 5.48 Å². The van der Waals surface area contributed by atoms with Crippen molar-refractivity contribution >= 4 is 31.3 Å². The van der Waals surface area contributed by atoms with Crippen molar-refractivity contribution in [1.29, 1.82) is 0 Å². The second kappa shape index (κ2) is 6.18. The van der Waals surface area contributed by atoms with Crippen LogP contribution in [0.15, 0.2) is 65.6 Å². The van der Waals surface area contributed by atoms with Crippen molar-refractivity contribution in [3.63, 3.8) is 0 Å². The molecular formula is C16H15NO3S2. The van der Waals surface area contributed by atoms with Crippen molar-refractivity contribution in [2.24, 2.45) is 0 Å². The van der Waals surface area contributed by atoms with Crippen molar-refractivity contribution < 1.29 is 13.6 Å². The van der Waals surface area contributed by atoms with Crippen molar-refractivity contribution in [3.8, 4) is 0 Å². The van der Waals surface area contributed by atoms with Gasteiger partial charge in [0.2, 0.25) is 0 Å². The molecule has 1 aromatic heterocycles. The number of nitrogens with one attached hydrogen (secondary N) is 1. The molecule has 0 aliphatic heterocycles. The van der Waals surface area contributed by atoms with E-state index in [1.807, 2.05) is 30.3 Å². The van der Waals surface area contributed by atoms with E-state index in [9.17, 15) is 13.6 Å². The molecule has 0 spiro atoms. The molecule has 3 rings (SSSR count). The lowest BCUT2D eigenvalue weighted by Gasteiger charge is -2.13. The van der Waals surface area contributed by atoms with E-state index in [1.165, 1.54) is 11.3 Å². The number of hydrogen-bond acceptors (Lipinski definition) is 5. The van der Waals surface area contributed by atoms with Gasteiger partial charge in [-0.1, -0.05) is 36.4 Å². The summed E-state index contributed by atoms with van der Waals surface area (Å²) >= 11 is 1.48. The minimum absolute atomic E-state index is 0.194. The highest BCUT2D eigenvalue weighted by Gasteiger charge is 2.23. The van der Waals surface area contributed by atoms with Crippen LogP contribution in [-0.2, 0) is 9.84 Å². The molecule has 0 amide bonds. The summed E-state index contributed by atoms with van der Waals surface area (Å²) in [6, 6.07) is 17.3. The predicted molar refractivity (Wildman–Crippen MR) is 88.0 cm³/mol. The first kappa shape index (κ1) is 15.2. The lowest BCUT2D eigenvalue weighted by molar-refractivity contribution is 0.136. The van der Waals surface area contributed by atoms with Crippen LogP contribution < -0.4 is 5.48 Å². The Bertz CT molecular complexity index is 840. The van der Waals surface area contributed by atoms with Gasteiger partial charge in [-0.05, 0) is 29.7 Å². The number of rotatable bonds is 5. The zero-order valence-corrected chi connectivity index (χ0v) is 13.3. The van der Waals surface area contributed by atoms with Crippen molar-refractivity contribution in [1.82, 2.24) is 5.48 Å². The molecular weight excluding hydrogens is 318 g/mol. The highest BCUT2D eigenvalue weighted by Crippen LogP contribution is 2.31. The Kier molecular flexibility index (Phi) is 4.26. The van der Waals surface area contributed by atoms with Crippen molar-refractivity contribution in [2.45, 2.75) is 10.9 Å². The Morgan fingerprint density at radius 2 is 1.73 bits per heavy atom. The van der Waals surface area contributed by atoms with Crippen LogP contribution in [0.1, 0.15) is 10.9 Å². The first-order chi connectivity index (χ1) is 10.6. The van der Waals surface area contributed by atoms with Gasteiger partial charge in [0, 0.05) is 9.58 Å². The topological polar surface area (TPSA) is 66.4 Å². The van der Waals surface area contributed by atoms with E-state index >= 15 is 0 Å². The molecule has 114 valence electrons. The van der Waals surface area contributed by atoms with Crippen LogP contribution in [0.2, 0.25) is 0 Å². The maximum atomic E-state index is 12.4. The zero-order chi connectivity index (χ0) is 15.6. The van der Waals surface area contributed by atoms with Gasteiger partial charge >= 0.3 is 0 Å². The van der Waals surface area contributed by atoms with E-state index in [4.69, 9.17) is 0 Å². The number of fused-ring (bicyclic) bond motifs is 1. The first-order valence-electron chi connectivity index (χ1n) is 6.76. The fourth-order valence-electron chi connectivity index (χ4n) is 2.30. The molecule has 2 aromatic carbocycles. The average Bonchev–Trinajstić information content (AvgIpc) is 2.97. The minimum Gasteiger partial charge on any atom is -0.316 e. The van der Waals surface area contributed by atoms with Gasteiger partial charge in [0.1, 0.15) is 0 Å². The van der Waals surface area contributed by atoms with Gasteiger partial charge in [0.15, 0.2) is 9.84 Å². The molecule has 0 aliphatic rings. The molecule has 0 saturated carbocycles. The summed E-state index contributed by atoms with van der Waals surface area (Å²) in [6.07, 6.45) is 0. The minimum atomic E-state index is -3.47. The summed E-state index contributed by atoms with van der Waals surface area (Å²) in [5.74, 6) is -0.194. The first-order valence-corrected chi connectivity index (χ1v) is 9.23. The third-order valence-electron chi connectivity index (χ3n) is 3.43. The molecule has 4 nitrogen and oxygen atoms in total. The smallest absolute Gasteiger partial charge is 0.180 e. The summed E-state index contributed by atoms with van der Waals surface area (Å²) in [5.41, 5.74) is 2.14. The third-order valence-corrected chi connectivity index (χ3v) is 6.42. The Hall–Kier alpha value is -1.73. The lowest BCUT2D eigenvalue weighted by Crippen LogP contribution is -2.25. The Morgan fingerprint density at radius 1 is 1.05 bits per heavy atom. The van der Waals surface area contributed by atoms with Gasteiger partial charge in [-0.25, -0.2) is 8.42 Å². The third kappa shape index (κ3) is 3.05. The second-order valence-corrected chi connectivity index (χ2v) is 8.11. The summed E-state index contributed by atoms with van der Waals surface area (Å²) in [6.45, 7) is 0. The fourth-order valence-corrected chi connectivity index (χ4v) is 4.97. The monoisotopic (exact) mass is 333 g/mol. The lowest BCUT2D eigenvalue weighted by atomic mass is 10.2. The number of benzene rings is 2. The Labute approximate surface area is 132 Å². The molecule has 1 atom stereocenters. The van der Waals surface area contributed by atoms with Crippen LogP contribution in [0.25, 0.3) is 10.1 Å². The van der Waals surface area contributed by atoms with E-state index in [0.29, 0.717) is 0 Å². The second-order valence-electron chi connectivity index (χ2n) is 4.96. The molecule has 1 unspecified atom stereocenters. The number of thiophene rings is 1. The van der Waals surface area contributed by atoms with E-state index < -0.39 is 15.9 Å². The molecule has 0 radical (unpaired) electrons. The van der Waals surface area contributed by atoms with E-state index in [1.54, 1.807) is 30.3 Å². The Morgan fingerprint density at radius 3 is 2.41 bits per heavy atom. The van der Waals surface area contributed by atoms with Crippen LogP contribution in [0, 0.1) is 0 Å². The summed E-state index contributed by atoms with van der Waals surface area (Å²) < 4.78 is 26.0. The number of hydroxylamine groups is 1. The Balaban J connectivity index is 1.91. The molecule has 3 aromatic rings. The summed E-state index contributed by atoms with van der Waals surface area (Å²) in [5, 5.41) is 10.4. The quantitative estimate of drug-likeness (QED) is 0.702. The van der Waals surface area contributed by atoms with Crippen molar-refractivity contribution in [3.05, 3.63) is 65.5 Å². The predicted octanol–water partition coefficient (Wildman–Crippen LogP) is 3.40. The van der Waals surface area contributed by atoms with Gasteiger partial charge < -0.3 is 5.21 Å². The van der Waals surface area contributed by atoms with Crippen molar-refractivity contribution in [2.75, 3.05) is 5.75 Å². The molecule has 0 fully saturated rings. The molecule has 0 saturated heterocycles. The van der Waals surface area contributed by atoms with Crippen LogP contribution in [0.4, 0.5) is 0 Å². The molecule has 22 heavy (non-hydrogen) atoms. The fraction of sp³-hybridized carbons (Fsp3) is 0.125. The van der Waals surface area contributed by atoms with Crippen LogP contribution in [0.3, 0.4) is 0 Å². The molecule has 0 aliphatic carbocycles. The van der Waals surface area contributed by atoms with Gasteiger partial charge in [-0.3, -0.25) is 0 Å². The average molecular weight is 333 g/mol. The standard InChI is InChI=1S/C16H15NO3S2/c18-17-14(11-22(19,20)13-7-2-1-3-8-13)16-10-12-6-4-5-9-15(12)21-16/h1-10,14,17-18H,11H2. The maximum Gasteiger partial charge on any atom is 0.180 e. The number of sulfone groups is 1. The summed E-state index contributed by atoms with van der Waals surface area (Å²) in [4.78, 5) is 1.06. The van der Waals surface area contributed by atoms with Crippen LogP contribution >= 0.6 is 11.3 Å². The van der Waals surface area contributed by atoms with Crippen LogP contribution in [-0.4, -0.2) is 19.4 Å². The van der Waals surface area contributed by atoms with Gasteiger partial charge in [0.25, 0.3) is 0 Å². The van der Waals surface area contributed by atoms with Crippen LogP contribution in [0.5, 0.6) is 0 Å². The highest BCUT2D eigenvalue weighted by molar-refractivity contribution is 7.91. The molecule has 2 N–H and O–H groups in total. The van der Waals surface area contributed by atoms with E-state index in [0.717, 1.165) is 15.0 Å². The zero-order valence-electron chi connectivity index (χ0n) is 11.6. The molecule has 1 heterocycles. The highest BCUT2D eigenvalue weighted by atomic mass is 32.2. The maximum absolute atomic E-state index is 12.4. The van der Waals surface area contributed by atoms with E-state index in [2.05, 4.69) is 5.48 Å². The SMILES string of the molecule is O=S(=O)(CC(NO)c1cc2ccccc2s1)c1ccccc1. The van der Waals surface area contributed by atoms with Gasteiger partial charge in [-0.15, -0.1) is 11.3 Å². The molecule has 0 bridgehead atoms. The summed E-state index contributed by atoms with van der Waals surface area (Å²) in [7, 11) is -3.47. The normalized spacial score (nSPS) is 13.3. The molecule has 6 heteroatoms.